The number of hydrogen-bond acceptors (Lipinski definition) is 5. The van der Waals surface area contributed by atoms with Gasteiger partial charge in [0.2, 0.25) is 0 Å². The zero-order valence-corrected chi connectivity index (χ0v) is 13.0. The van der Waals surface area contributed by atoms with Gasteiger partial charge in [-0.3, -0.25) is 9.59 Å². The van der Waals surface area contributed by atoms with E-state index in [-0.39, 0.29) is 37.1 Å². The quantitative estimate of drug-likeness (QED) is 0.563. The van der Waals surface area contributed by atoms with E-state index in [2.05, 4.69) is 5.32 Å². The lowest BCUT2D eigenvalue weighted by Crippen LogP contribution is -2.26. The van der Waals surface area contributed by atoms with Crippen LogP contribution in [0.5, 0.6) is 5.75 Å². The van der Waals surface area contributed by atoms with E-state index in [9.17, 15) is 14.0 Å². The molecule has 128 valence electrons. The minimum Gasteiger partial charge on any atom is -0.493 e. The summed E-state index contributed by atoms with van der Waals surface area (Å²) in [5.74, 6) is -0.350. The van der Waals surface area contributed by atoms with Gasteiger partial charge in [0.15, 0.2) is 5.76 Å². The number of halogens is 1. The van der Waals surface area contributed by atoms with E-state index in [0.717, 1.165) is 0 Å². The molecule has 0 saturated heterocycles. The monoisotopic (exact) mass is 335 g/mol. The molecule has 0 fully saturated rings. The number of carbonyl (C=O) groups excluding carboxylic acids is 2. The van der Waals surface area contributed by atoms with E-state index in [0.29, 0.717) is 18.8 Å². The maximum absolute atomic E-state index is 12.7. The van der Waals surface area contributed by atoms with Crippen molar-refractivity contribution in [1.29, 1.82) is 0 Å². The van der Waals surface area contributed by atoms with Gasteiger partial charge in [0.1, 0.15) is 11.6 Å². The van der Waals surface area contributed by atoms with Gasteiger partial charge >= 0.3 is 5.97 Å². The maximum Gasteiger partial charge on any atom is 0.307 e. The van der Waals surface area contributed by atoms with Crippen LogP contribution in [0.1, 0.15) is 23.4 Å². The molecule has 0 unspecified atom stereocenters. The summed E-state index contributed by atoms with van der Waals surface area (Å²) in [4.78, 5) is 23.0. The number of ether oxygens (including phenoxy) is 2. The van der Waals surface area contributed by atoms with Crippen molar-refractivity contribution in [3.63, 3.8) is 0 Å². The van der Waals surface area contributed by atoms with Crippen molar-refractivity contribution in [2.24, 2.45) is 0 Å². The summed E-state index contributed by atoms with van der Waals surface area (Å²) in [7, 11) is 0. The summed E-state index contributed by atoms with van der Waals surface area (Å²) in [5.41, 5.74) is 0. The third-order valence-corrected chi connectivity index (χ3v) is 2.99. The van der Waals surface area contributed by atoms with Crippen LogP contribution in [0.15, 0.2) is 47.1 Å². The van der Waals surface area contributed by atoms with Crippen LogP contribution in [0.25, 0.3) is 0 Å². The topological polar surface area (TPSA) is 77.8 Å². The number of furan rings is 1. The highest BCUT2D eigenvalue weighted by Gasteiger charge is 2.09. The molecule has 0 atom stereocenters. The number of esters is 1. The fourth-order valence-corrected chi connectivity index (χ4v) is 1.81. The maximum atomic E-state index is 12.7. The van der Waals surface area contributed by atoms with Crippen molar-refractivity contribution in [3.8, 4) is 5.75 Å². The van der Waals surface area contributed by atoms with Crippen molar-refractivity contribution in [3.05, 3.63) is 54.2 Å². The summed E-state index contributed by atoms with van der Waals surface area (Å²) >= 11 is 0. The molecule has 6 nitrogen and oxygen atoms in total. The zero-order chi connectivity index (χ0) is 17.2. The SMILES string of the molecule is O=C(CCNC(=O)c1ccco1)OCCCOc1ccc(F)cc1. The molecule has 0 spiro atoms. The first kappa shape index (κ1) is 17.5. The fourth-order valence-electron chi connectivity index (χ4n) is 1.81. The summed E-state index contributed by atoms with van der Waals surface area (Å²) in [5, 5.41) is 2.55. The average molecular weight is 335 g/mol. The van der Waals surface area contributed by atoms with Gasteiger partial charge < -0.3 is 19.2 Å². The van der Waals surface area contributed by atoms with E-state index in [4.69, 9.17) is 13.9 Å². The van der Waals surface area contributed by atoms with Gasteiger partial charge in [0.05, 0.1) is 25.9 Å². The first-order valence-corrected chi connectivity index (χ1v) is 7.51. The van der Waals surface area contributed by atoms with Crippen LogP contribution in [0.3, 0.4) is 0 Å². The van der Waals surface area contributed by atoms with E-state index < -0.39 is 5.97 Å². The number of nitrogens with one attached hydrogen (secondary N) is 1. The van der Waals surface area contributed by atoms with Gasteiger partial charge in [-0.2, -0.15) is 0 Å². The third-order valence-electron chi connectivity index (χ3n) is 2.99. The molecular formula is C17H18FNO5. The van der Waals surface area contributed by atoms with Crippen LogP contribution >= 0.6 is 0 Å². The second kappa shape index (κ2) is 9.34. The van der Waals surface area contributed by atoms with Gasteiger partial charge in [-0.25, -0.2) is 4.39 Å². The van der Waals surface area contributed by atoms with Crippen molar-refractivity contribution in [2.45, 2.75) is 12.8 Å². The standard InChI is InChI=1S/C17H18FNO5/c18-13-4-6-14(7-5-13)22-11-2-12-24-16(20)8-9-19-17(21)15-3-1-10-23-15/h1,3-7,10H,2,8-9,11-12H2,(H,19,21). The van der Waals surface area contributed by atoms with Crippen LogP contribution in [-0.2, 0) is 9.53 Å². The predicted octanol–water partition coefficient (Wildman–Crippen LogP) is 2.55. The lowest BCUT2D eigenvalue weighted by molar-refractivity contribution is -0.143. The van der Waals surface area contributed by atoms with E-state index in [1.165, 1.54) is 36.6 Å². The highest BCUT2D eigenvalue weighted by molar-refractivity contribution is 5.91. The summed E-state index contributed by atoms with van der Waals surface area (Å²) in [6, 6.07) is 8.83. The molecule has 1 heterocycles. The number of hydrogen-bond donors (Lipinski definition) is 1. The molecule has 1 aromatic heterocycles. The highest BCUT2D eigenvalue weighted by Crippen LogP contribution is 2.11. The molecule has 2 aromatic rings. The lowest BCUT2D eigenvalue weighted by Gasteiger charge is -2.07. The van der Waals surface area contributed by atoms with Gasteiger partial charge in [0, 0.05) is 13.0 Å². The van der Waals surface area contributed by atoms with Crippen LogP contribution in [-0.4, -0.2) is 31.6 Å². The van der Waals surface area contributed by atoms with Gasteiger partial charge in [-0.15, -0.1) is 0 Å². The molecule has 24 heavy (non-hydrogen) atoms. The fraction of sp³-hybridized carbons (Fsp3) is 0.294. The first-order valence-electron chi connectivity index (χ1n) is 7.51. The molecule has 0 aliphatic carbocycles. The van der Waals surface area contributed by atoms with Crippen LogP contribution < -0.4 is 10.1 Å². The molecule has 1 N–H and O–H groups in total. The molecule has 0 radical (unpaired) electrons. The van der Waals surface area contributed by atoms with Gasteiger partial charge in [-0.1, -0.05) is 0 Å². The lowest BCUT2D eigenvalue weighted by atomic mass is 10.3. The summed E-state index contributed by atoms with van der Waals surface area (Å²) in [6.07, 6.45) is 1.99. The van der Waals surface area contributed by atoms with Crippen LogP contribution in [0.2, 0.25) is 0 Å². The Morgan fingerprint density at radius 3 is 2.62 bits per heavy atom. The Kier molecular flexibility index (Phi) is 6.82. The van der Waals surface area contributed by atoms with Crippen molar-refractivity contribution in [1.82, 2.24) is 5.32 Å². The molecule has 1 aromatic carbocycles. The normalized spacial score (nSPS) is 10.2. The number of benzene rings is 1. The van der Waals surface area contributed by atoms with Crippen molar-refractivity contribution in [2.75, 3.05) is 19.8 Å². The minimum atomic E-state index is -0.406. The highest BCUT2D eigenvalue weighted by atomic mass is 19.1. The average Bonchev–Trinajstić information content (AvgIpc) is 3.11. The molecular weight excluding hydrogens is 317 g/mol. The van der Waals surface area contributed by atoms with Crippen LogP contribution in [0.4, 0.5) is 4.39 Å². The minimum absolute atomic E-state index is 0.0747. The number of carbonyl (C=O) groups is 2. The second-order valence-corrected chi connectivity index (χ2v) is 4.86. The molecule has 2 rings (SSSR count). The van der Waals surface area contributed by atoms with Crippen LogP contribution in [0, 0.1) is 5.82 Å². The molecule has 7 heteroatoms. The number of amides is 1. The Labute approximate surface area is 138 Å². The Morgan fingerprint density at radius 2 is 1.92 bits per heavy atom. The molecule has 0 bridgehead atoms. The third kappa shape index (κ3) is 6.12. The molecule has 0 aliphatic heterocycles. The molecule has 0 aliphatic rings. The smallest absolute Gasteiger partial charge is 0.307 e. The summed E-state index contributed by atoms with van der Waals surface area (Å²) in [6.45, 7) is 0.741. The largest absolute Gasteiger partial charge is 0.493 e. The van der Waals surface area contributed by atoms with E-state index >= 15 is 0 Å². The first-order chi connectivity index (χ1) is 11.6. The Balaban J connectivity index is 1.50. The Hall–Kier alpha value is -2.83. The van der Waals surface area contributed by atoms with Gasteiger partial charge in [0.25, 0.3) is 5.91 Å². The Morgan fingerprint density at radius 1 is 1.12 bits per heavy atom. The van der Waals surface area contributed by atoms with E-state index in [1.807, 2.05) is 0 Å². The van der Waals surface area contributed by atoms with Crippen molar-refractivity contribution < 1.29 is 27.9 Å². The molecule has 1 amide bonds. The van der Waals surface area contributed by atoms with E-state index in [1.54, 1.807) is 6.07 Å². The summed E-state index contributed by atoms with van der Waals surface area (Å²) < 4.78 is 28.0. The Bertz CT molecular complexity index is 640. The zero-order valence-electron chi connectivity index (χ0n) is 13.0. The molecule has 0 saturated carbocycles. The van der Waals surface area contributed by atoms with Crippen molar-refractivity contribution >= 4 is 11.9 Å². The second-order valence-electron chi connectivity index (χ2n) is 4.86. The predicted molar refractivity (Wildman–Crippen MR) is 83.1 cm³/mol. The van der Waals surface area contributed by atoms with Gasteiger partial charge in [-0.05, 0) is 36.4 Å². The number of rotatable bonds is 9.